The van der Waals surface area contributed by atoms with Crippen molar-refractivity contribution < 1.29 is 9.90 Å². The maximum atomic E-state index is 11.3. The Labute approximate surface area is 86.6 Å². The predicted octanol–water partition coefficient (Wildman–Crippen LogP) is -1.26. The largest absolute Gasteiger partial charge is 0.392 e. The highest BCUT2D eigenvalue weighted by Gasteiger charge is 2.04. The number of rotatable bonds is 4. The number of nitrogens with zero attached hydrogens (tertiary/aromatic N) is 2. The third kappa shape index (κ3) is 3.90. The van der Waals surface area contributed by atoms with E-state index in [4.69, 9.17) is 5.11 Å². The van der Waals surface area contributed by atoms with Crippen molar-refractivity contribution in [3.63, 3.8) is 0 Å². The maximum Gasteiger partial charge on any atom is 0.347 e. The fourth-order valence-corrected chi connectivity index (χ4v) is 0.980. The minimum atomic E-state index is -0.598. The van der Waals surface area contributed by atoms with Crippen LogP contribution in [0.3, 0.4) is 0 Å². The molecule has 0 saturated heterocycles. The molecule has 1 aromatic rings. The van der Waals surface area contributed by atoms with Gasteiger partial charge in [-0.3, -0.25) is 9.36 Å². The average Bonchev–Trinajstić information content (AvgIpc) is 2.18. The van der Waals surface area contributed by atoms with Gasteiger partial charge in [0.1, 0.15) is 6.54 Å². The second-order valence-corrected chi connectivity index (χ2v) is 3.18. The van der Waals surface area contributed by atoms with E-state index in [-0.39, 0.29) is 19.0 Å². The smallest absolute Gasteiger partial charge is 0.347 e. The molecule has 0 aliphatic rings. The third-order valence-electron chi connectivity index (χ3n) is 1.69. The van der Waals surface area contributed by atoms with Crippen LogP contribution in [0.5, 0.6) is 0 Å². The summed E-state index contributed by atoms with van der Waals surface area (Å²) in [6.07, 6.45) is 2.25. The molecule has 1 atom stereocenters. The minimum Gasteiger partial charge on any atom is -0.392 e. The summed E-state index contributed by atoms with van der Waals surface area (Å²) in [7, 11) is 0. The number of amides is 1. The average molecular weight is 211 g/mol. The second-order valence-electron chi connectivity index (χ2n) is 3.18. The van der Waals surface area contributed by atoms with Gasteiger partial charge in [0.2, 0.25) is 5.91 Å². The zero-order chi connectivity index (χ0) is 11.3. The molecule has 6 nitrogen and oxygen atoms in total. The quantitative estimate of drug-likeness (QED) is 0.651. The van der Waals surface area contributed by atoms with E-state index in [0.29, 0.717) is 0 Å². The number of hydrogen-bond acceptors (Lipinski definition) is 4. The Kier molecular flexibility index (Phi) is 3.99. The molecular weight excluding hydrogens is 198 g/mol. The van der Waals surface area contributed by atoms with Crippen molar-refractivity contribution in [3.05, 3.63) is 28.9 Å². The van der Waals surface area contributed by atoms with Crippen LogP contribution < -0.4 is 11.0 Å². The molecule has 1 amide bonds. The van der Waals surface area contributed by atoms with Crippen molar-refractivity contribution in [3.8, 4) is 0 Å². The Hall–Kier alpha value is -1.69. The molecule has 1 rings (SSSR count). The summed E-state index contributed by atoms with van der Waals surface area (Å²) in [5.74, 6) is -0.328. The van der Waals surface area contributed by atoms with Crippen LogP contribution in [0.25, 0.3) is 0 Å². The lowest BCUT2D eigenvalue weighted by Crippen LogP contribution is -2.36. The highest BCUT2D eigenvalue weighted by atomic mass is 16.3. The molecule has 15 heavy (non-hydrogen) atoms. The van der Waals surface area contributed by atoms with Crippen LogP contribution in [0.2, 0.25) is 0 Å². The molecule has 6 heteroatoms. The fourth-order valence-electron chi connectivity index (χ4n) is 0.980. The van der Waals surface area contributed by atoms with Crippen molar-refractivity contribution in [2.75, 3.05) is 6.54 Å². The van der Waals surface area contributed by atoms with Gasteiger partial charge >= 0.3 is 5.69 Å². The summed E-state index contributed by atoms with van der Waals surface area (Å²) in [6.45, 7) is 1.66. The van der Waals surface area contributed by atoms with E-state index in [1.807, 2.05) is 0 Å². The van der Waals surface area contributed by atoms with Crippen molar-refractivity contribution >= 4 is 5.91 Å². The molecule has 1 heterocycles. The number of nitrogens with one attached hydrogen (secondary N) is 1. The number of carbonyl (C=O) groups is 1. The van der Waals surface area contributed by atoms with Crippen LogP contribution in [0, 0.1) is 0 Å². The van der Waals surface area contributed by atoms with E-state index in [0.717, 1.165) is 0 Å². The molecular formula is C9H13N3O3. The molecule has 2 N–H and O–H groups in total. The Balaban J connectivity index is 2.52. The first-order valence-corrected chi connectivity index (χ1v) is 4.56. The van der Waals surface area contributed by atoms with Gasteiger partial charge in [0, 0.05) is 18.9 Å². The van der Waals surface area contributed by atoms with Crippen LogP contribution in [0.15, 0.2) is 23.3 Å². The predicted molar refractivity (Wildman–Crippen MR) is 53.2 cm³/mol. The molecule has 0 aliphatic heterocycles. The Morgan fingerprint density at radius 3 is 3.07 bits per heavy atom. The van der Waals surface area contributed by atoms with Gasteiger partial charge in [0.05, 0.1) is 6.10 Å². The van der Waals surface area contributed by atoms with E-state index in [1.165, 1.54) is 17.0 Å². The standard InChI is InChI=1S/C9H13N3O3/c1-7(13)5-11-8(14)6-12-4-2-3-10-9(12)15/h2-4,7,13H,5-6H2,1H3,(H,11,14)/t7-/m0/s1. The molecule has 1 aromatic heterocycles. The van der Waals surface area contributed by atoms with Gasteiger partial charge in [-0.15, -0.1) is 0 Å². The van der Waals surface area contributed by atoms with E-state index < -0.39 is 11.8 Å². The summed E-state index contributed by atoms with van der Waals surface area (Å²) < 4.78 is 1.19. The van der Waals surface area contributed by atoms with Crippen LogP contribution in [-0.4, -0.2) is 33.2 Å². The minimum absolute atomic E-state index is 0.0839. The first-order chi connectivity index (χ1) is 7.09. The zero-order valence-electron chi connectivity index (χ0n) is 8.38. The van der Waals surface area contributed by atoms with Crippen molar-refractivity contribution in [1.29, 1.82) is 0 Å². The number of aromatic nitrogens is 2. The molecule has 0 bridgehead atoms. The molecule has 0 aromatic carbocycles. The Morgan fingerprint density at radius 2 is 2.47 bits per heavy atom. The lowest BCUT2D eigenvalue weighted by molar-refractivity contribution is -0.122. The molecule has 0 aliphatic carbocycles. The lowest BCUT2D eigenvalue weighted by atomic mass is 10.4. The third-order valence-corrected chi connectivity index (χ3v) is 1.69. The normalized spacial score (nSPS) is 12.1. The highest BCUT2D eigenvalue weighted by Crippen LogP contribution is 1.81. The number of aliphatic hydroxyl groups excluding tert-OH is 1. The molecule has 0 radical (unpaired) electrons. The van der Waals surface area contributed by atoms with Crippen LogP contribution in [-0.2, 0) is 11.3 Å². The Morgan fingerprint density at radius 1 is 1.73 bits per heavy atom. The number of carbonyl (C=O) groups excluding carboxylic acids is 1. The first kappa shape index (κ1) is 11.4. The van der Waals surface area contributed by atoms with Gasteiger partial charge in [0.25, 0.3) is 0 Å². The number of aliphatic hydroxyl groups is 1. The van der Waals surface area contributed by atoms with Gasteiger partial charge in [-0.05, 0) is 13.0 Å². The molecule has 82 valence electrons. The van der Waals surface area contributed by atoms with Crippen LogP contribution >= 0.6 is 0 Å². The van der Waals surface area contributed by atoms with Gasteiger partial charge in [-0.2, -0.15) is 0 Å². The van der Waals surface area contributed by atoms with Crippen molar-refractivity contribution in [2.45, 2.75) is 19.6 Å². The zero-order valence-corrected chi connectivity index (χ0v) is 8.38. The Bertz CT molecular complexity index is 386. The molecule has 0 saturated carbocycles. The molecule has 0 fully saturated rings. The van der Waals surface area contributed by atoms with Crippen LogP contribution in [0.1, 0.15) is 6.92 Å². The topological polar surface area (TPSA) is 84.2 Å². The van der Waals surface area contributed by atoms with Crippen molar-refractivity contribution in [1.82, 2.24) is 14.9 Å². The van der Waals surface area contributed by atoms with Gasteiger partial charge in [0.15, 0.2) is 0 Å². The van der Waals surface area contributed by atoms with Gasteiger partial charge < -0.3 is 10.4 Å². The summed E-state index contributed by atoms with van der Waals surface area (Å²) in [6, 6.07) is 1.57. The van der Waals surface area contributed by atoms with Gasteiger partial charge in [-0.25, -0.2) is 9.78 Å². The van der Waals surface area contributed by atoms with E-state index in [9.17, 15) is 9.59 Å². The van der Waals surface area contributed by atoms with Crippen molar-refractivity contribution in [2.24, 2.45) is 0 Å². The van der Waals surface area contributed by atoms with E-state index >= 15 is 0 Å². The van der Waals surface area contributed by atoms with E-state index in [2.05, 4.69) is 10.3 Å². The second kappa shape index (κ2) is 5.26. The number of hydrogen-bond donors (Lipinski definition) is 2. The first-order valence-electron chi connectivity index (χ1n) is 4.56. The summed E-state index contributed by atoms with van der Waals surface area (Å²) in [4.78, 5) is 25.9. The molecule has 0 spiro atoms. The van der Waals surface area contributed by atoms with E-state index in [1.54, 1.807) is 13.0 Å². The van der Waals surface area contributed by atoms with Gasteiger partial charge in [-0.1, -0.05) is 0 Å². The monoisotopic (exact) mass is 211 g/mol. The summed E-state index contributed by atoms with van der Waals surface area (Å²) in [5.41, 5.74) is -0.468. The van der Waals surface area contributed by atoms with Crippen LogP contribution in [0.4, 0.5) is 0 Å². The SMILES string of the molecule is C[C@H](O)CNC(=O)Cn1cccnc1=O. The maximum absolute atomic E-state index is 11.3. The molecule has 0 unspecified atom stereocenters. The fraction of sp³-hybridized carbons (Fsp3) is 0.444. The summed E-state index contributed by atoms with van der Waals surface area (Å²) >= 11 is 0. The summed E-state index contributed by atoms with van der Waals surface area (Å²) in [5, 5.41) is 11.4. The highest BCUT2D eigenvalue weighted by molar-refractivity contribution is 5.75. The lowest BCUT2D eigenvalue weighted by Gasteiger charge is -2.07.